The zero-order chi connectivity index (χ0) is 7.56. The van der Waals surface area contributed by atoms with Crippen LogP contribution in [0.2, 0.25) is 0 Å². The maximum Gasteiger partial charge on any atom is 0.215 e. The van der Waals surface area contributed by atoms with Gasteiger partial charge in [0.1, 0.15) is 0 Å². The number of rotatable bonds is 1. The van der Waals surface area contributed by atoms with Gasteiger partial charge in [0, 0.05) is 17.3 Å². The molecule has 0 aromatic rings. The second-order valence-corrected chi connectivity index (χ2v) is 3.11. The highest BCUT2D eigenvalue weighted by Gasteiger charge is 2.29. The summed E-state index contributed by atoms with van der Waals surface area (Å²) in [5, 5.41) is 10.4. The first-order valence-corrected chi connectivity index (χ1v) is 3.85. The van der Waals surface area contributed by atoms with Gasteiger partial charge in [-0.2, -0.15) is 0 Å². The maximum atomic E-state index is 10.4. The third-order valence-corrected chi connectivity index (χ3v) is 2.34. The number of hydrogen-bond acceptors (Lipinski definition) is 2. The molecule has 10 heavy (non-hydrogen) atoms. The smallest absolute Gasteiger partial charge is 0.215 e. The predicted molar refractivity (Wildman–Crippen MR) is 38.4 cm³/mol. The van der Waals surface area contributed by atoms with E-state index in [1.807, 2.05) is 6.92 Å². The molecule has 1 aliphatic rings. The molecule has 0 aliphatic heterocycles. The molecule has 3 nitrogen and oxygen atoms in total. The molecule has 1 aliphatic carbocycles. The van der Waals surface area contributed by atoms with Crippen LogP contribution < -0.4 is 0 Å². The Hall–Kier alpha value is -0.600. The topological polar surface area (TPSA) is 43.1 Å². The summed E-state index contributed by atoms with van der Waals surface area (Å²) < 4.78 is 0. The molecule has 0 radical (unpaired) electrons. The normalized spacial score (nSPS) is 33.7. The van der Waals surface area contributed by atoms with E-state index in [0.717, 1.165) is 19.3 Å². The molecule has 0 bridgehead atoms. The Balaban J connectivity index is 2.47. The van der Waals surface area contributed by atoms with Crippen molar-refractivity contribution in [2.75, 3.05) is 0 Å². The Morgan fingerprint density at radius 2 is 2.00 bits per heavy atom. The predicted octanol–water partition coefficient (Wildman–Crippen LogP) is 1.84. The Bertz CT molecular complexity index is 136. The molecule has 1 fully saturated rings. The van der Waals surface area contributed by atoms with E-state index in [0.29, 0.717) is 5.92 Å². The first-order chi connectivity index (χ1) is 4.72. The van der Waals surface area contributed by atoms with Crippen LogP contribution in [-0.2, 0) is 0 Å². The van der Waals surface area contributed by atoms with Gasteiger partial charge in [-0.05, 0) is 12.8 Å². The summed E-state index contributed by atoms with van der Waals surface area (Å²) >= 11 is 0. The van der Waals surface area contributed by atoms with Gasteiger partial charge in [-0.25, -0.2) is 0 Å². The minimum atomic E-state index is -0.256. The number of hydrogen-bond donors (Lipinski definition) is 0. The van der Waals surface area contributed by atoms with Gasteiger partial charge in [0.15, 0.2) is 0 Å². The van der Waals surface area contributed by atoms with Crippen LogP contribution in [-0.4, -0.2) is 11.0 Å². The summed E-state index contributed by atoms with van der Waals surface area (Å²) in [5.41, 5.74) is 0. The molecule has 0 saturated heterocycles. The van der Waals surface area contributed by atoms with Crippen LogP contribution in [0.1, 0.15) is 32.6 Å². The molecule has 0 aromatic carbocycles. The first kappa shape index (κ1) is 7.51. The lowest BCUT2D eigenvalue weighted by molar-refractivity contribution is -0.534. The van der Waals surface area contributed by atoms with Gasteiger partial charge < -0.3 is 0 Å². The Labute approximate surface area is 60.6 Å². The molecule has 58 valence electrons. The fraction of sp³-hybridized carbons (Fsp3) is 1.00. The fourth-order valence-electron chi connectivity index (χ4n) is 1.61. The average Bonchev–Trinajstić information content (AvgIpc) is 1.88. The standard InChI is InChI=1S/C7H13NO2/c1-6-4-2-3-5-7(6)8(9)10/h6-7H,2-5H2,1H3/t6-,7+/m0/s1. The molecule has 0 heterocycles. The van der Waals surface area contributed by atoms with Gasteiger partial charge in [-0.1, -0.05) is 13.3 Å². The SMILES string of the molecule is C[C@H]1CCCC[C@H]1[N+](=O)[O-]. The van der Waals surface area contributed by atoms with E-state index >= 15 is 0 Å². The van der Waals surface area contributed by atoms with E-state index in [4.69, 9.17) is 0 Å². The van der Waals surface area contributed by atoms with Crippen LogP contribution in [0, 0.1) is 16.0 Å². The third kappa shape index (κ3) is 1.46. The summed E-state index contributed by atoms with van der Waals surface area (Å²) in [5.74, 6) is 0.295. The minimum absolute atomic E-state index is 0.121. The van der Waals surface area contributed by atoms with E-state index in [-0.39, 0.29) is 11.0 Å². The minimum Gasteiger partial charge on any atom is -0.264 e. The lowest BCUT2D eigenvalue weighted by Gasteiger charge is -2.21. The van der Waals surface area contributed by atoms with Gasteiger partial charge in [-0.15, -0.1) is 0 Å². The van der Waals surface area contributed by atoms with Crippen LogP contribution in [0.5, 0.6) is 0 Å². The van der Waals surface area contributed by atoms with E-state index < -0.39 is 0 Å². The first-order valence-electron chi connectivity index (χ1n) is 3.85. The molecular formula is C7H13NO2. The van der Waals surface area contributed by atoms with Crippen molar-refractivity contribution in [1.29, 1.82) is 0 Å². The molecule has 0 aromatic heterocycles. The summed E-state index contributed by atoms with van der Waals surface area (Å²) in [7, 11) is 0. The summed E-state index contributed by atoms with van der Waals surface area (Å²) in [6, 6.07) is -0.256. The highest BCUT2D eigenvalue weighted by atomic mass is 16.6. The summed E-state index contributed by atoms with van der Waals surface area (Å²) in [6.45, 7) is 1.98. The van der Waals surface area contributed by atoms with Crippen LogP contribution >= 0.6 is 0 Å². The van der Waals surface area contributed by atoms with Crippen LogP contribution in [0.3, 0.4) is 0 Å². The Morgan fingerprint density at radius 3 is 2.40 bits per heavy atom. The molecule has 0 N–H and O–H groups in total. The fourth-order valence-corrected chi connectivity index (χ4v) is 1.61. The van der Waals surface area contributed by atoms with Gasteiger partial charge in [0.2, 0.25) is 6.04 Å². The van der Waals surface area contributed by atoms with Gasteiger partial charge >= 0.3 is 0 Å². The van der Waals surface area contributed by atoms with Crippen molar-refractivity contribution >= 4 is 0 Å². The lowest BCUT2D eigenvalue weighted by Crippen LogP contribution is -2.30. The number of nitro groups is 1. The molecular weight excluding hydrogens is 130 g/mol. The third-order valence-electron chi connectivity index (χ3n) is 2.34. The molecule has 0 amide bonds. The van der Waals surface area contributed by atoms with Crippen LogP contribution in [0.25, 0.3) is 0 Å². The van der Waals surface area contributed by atoms with Crippen LogP contribution in [0.4, 0.5) is 0 Å². The molecule has 3 heteroatoms. The van der Waals surface area contributed by atoms with Crippen molar-refractivity contribution in [3.05, 3.63) is 10.1 Å². The van der Waals surface area contributed by atoms with Crippen molar-refractivity contribution in [3.63, 3.8) is 0 Å². The van der Waals surface area contributed by atoms with Gasteiger partial charge in [0.05, 0.1) is 0 Å². The Kier molecular flexibility index (Phi) is 2.25. The summed E-state index contributed by atoms with van der Waals surface area (Å²) in [6.07, 6.45) is 4.03. The van der Waals surface area contributed by atoms with Crippen molar-refractivity contribution in [3.8, 4) is 0 Å². The molecule has 2 atom stereocenters. The molecule has 1 rings (SSSR count). The van der Waals surface area contributed by atoms with Crippen molar-refractivity contribution in [2.24, 2.45) is 5.92 Å². The molecule has 0 spiro atoms. The highest BCUT2D eigenvalue weighted by Crippen LogP contribution is 2.25. The quantitative estimate of drug-likeness (QED) is 0.415. The second-order valence-electron chi connectivity index (χ2n) is 3.11. The number of nitrogens with zero attached hydrogens (tertiary/aromatic N) is 1. The van der Waals surface area contributed by atoms with E-state index in [2.05, 4.69) is 0 Å². The van der Waals surface area contributed by atoms with E-state index in [1.54, 1.807) is 0 Å². The van der Waals surface area contributed by atoms with Gasteiger partial charge in [0.25, 0.3) is 0 Å². The zero-order valence-electron chi connectivity index (χ0n) is 6.25. The summed E-state index contributed by atoms with van der Waals surface area (Å²) in [4.78, 5) is 10.2. The maximum absolute atomic E-state index is 10.4. The van der Waals surface area contributed by atoms with Crippen molar-refractivity contribution in [1.82, 2.24) is 0 Å². The highest BCUT2D eigenvalue weighted by molar-refractivity contribution is 4.70. The van der Waals surface area contributed by atoms with Gasteiger partial charge in [-0.3, -0.25) is 10.1 Å². The second kappa shape index (κ2) is 2.99. The van der Waals surface area contributed by atoms with Crippen molar-refractivity contribution in [2.45, 2.75) is 38.6 Å². The molecule has 0 unspecified atom stereocenters. The van der Waals surface area contributed by atoms with Crippen LogP contribution in [0.15, 0.2) is 0 Å². The van der Waals surface area contributed by atoms with E-state index in [1.165, 1.54) is 6.42 Å². The van der Waals surface area contributed by atoms with Crippen molar-refractivity contribution < 1.29 is 4.92 Å². The Morgan fingerprint density at radius 1 is 1.40 bits per heavy atom. The monoisotopic (exact) mass is 143 g/mol. The zero-order valence-corrected chi connectivity index (χ0v) is 6.25. The molecule has 1 saturated carbocycles. The largest absolute Gasteiger partial charge is 0.264 e. The van der Waals surface area contributed by atoms with E-state index in [9.17, 15) is 10.1 Å². The lowest BCUT2D eigenvalue weighted by atomic mass is 9.86. The average molecular weight is 143 g/mol.